The summed E-state index contributed by atoms with van der Waals surface area (Å²) in [4.78, 5) is 4.17. The first-order valence-electron chi connectivity index (χ1n) is 14.7. The molecule has 0 saturated heterocycles. The van der Waals surface area contributed by atoms with Crippen LogP contribution in [0.2, 0.25) is 0 Å². The number of benzene rings is 4. The molecule has 4 aromatic carbocycles. The smallest absolute Gasteiger partial charge is 0.507 e. The normalized spacial score (nSPS) is 17.7. The molecule has 1 aliphatic heterocycles. The topological polar surface area (TPSA) is 54.3 Å². The van der Waals surface area contributed by atoms with Gasteiger partial charge in [0.25, 0.3) is 0 Å². The predicted octanol–water partition coefficient (Wildman–Crippen LogP) is 8.58. The first-order chi connectivity index (χ1) is 21.2. The number of hydrogen-bond donors (Lipinski definition) is 1. The van der Waals surface area contributed by atoms with Gasteiger partial charge in [-0.1, -0.05) is 74.5 Å². The average molecular weight is 643 g/mol. The minimum absolute atomic E-state index is 0. The Morgan fingerprint density at radius 3 is 1.98 bits per heavy atom. The molecule has 0 unspecified atom stereocenters. The Morgan fingerprint density at radius 1 is 0.773 bits per heavy atom. The fourth-order valence-electron chi connectivity index (χ4n) is 5.47. The Hall–Kier alpha value is -2.62. The first-order valence-corrected chi connectivity index (χ1v) is 16.0. The third-order valence-corrected chi connectivity index (χ3v) is 9.77. The summed E-state index contributed by atoms with van der Waals surface area (Å²) in [5.41, 5.74) is 2.94. The number of aromatic hydroxyl groups is 1. The molecule has 44 heavy (non-hydrogen) atoms. The van der Waals surface area contributed by atoms with Gasteiger partial charge in [-0.25, -0.2) is 0 Å². The second-order valence-corrected chi connectivity index (χ2v) is 12.0. The molecule has 2 fully saturated rings. The molecule has 10 radical (unpaired) electrons. The van der Waals surface area contributed by atoms with Gasteiger partial charge in [-0.15, -0.1) is 0 Å². The van der Waals surface area contributed by atoms with Gasteiger partial charge in [0, 0.05) is 24.2 Å². The second-order valence-electron chi connectivity index (χ2n) is 10.2. The van der Waals surface area contributed by atoms with Crippen molar-refractivity contribution in [1.82, 2.24) is 4.67 Å². The van der Waals surface area contributed by atoms with E-state index in [1.165, 1.54) is 5.66 Å². The Kier molecular flexibility index (Phi) is 11.6. The van der Waals surface area contributed by atoms with Crippen molar-refractivity contribution in [3.8, 4) is 22.6 Å². The maximum Gasteiger partial charge on any atom is 2.00 e. The van der Waals surface area contributed by atoms with E-state index < -0.39 is 8.30 Å². The molecule has 1 atom stereocenters. The second kappa shape index (κ2) is 15.6. The molecule has 2 aliphatic carbocycles. The van der Waals surface area contributed by atoms with Gasteiger partial charge in [0.15, 0.2) is 14.2 Å². The van der Waals surface area contributed by atoms with Gasteiger partial charge in [0.05, 0.1) is 18.1 Å². The van der Waals surface area contributed by atoms with Crippen molar-refractivity contribution in [3.05, 3.63) is 136 Å². The van der Waals surface area contributed by atoms with Gasteiger partial charge in [-0.05, 0) is 85.0 Å². The molecule has 0 amide bonds. The maximum atomic E-state index is 11.1. The number of nitrogens with zero attached hydrogens (tertiary/aromatic N) is 2. The van der Waals surface area contributed by atoms with Crippen molar-refractivity contribution in [2.24, 2.45) is 4.99 Å². The molecule has 0 spiro atoms. The Bertz CT molecular complexity index is 1560. The molecule has 4 aromatic rings. The molecular formula is C37H35FeN2O3P+2. The zero-order valence-corrected chi connectivity index (χ0v) is 26.8. The minimum atomic E-state index is -1.02. The van der Waals surface area contributed by atoms with E-state index in [1.807, 2.05) is 56.0 Å². The van der Waals surface area contributed by atoms with Crippen LogP contribution in [0.3, 0.4) is 0 Å². The molecule has 5 nitrogen and oxygen atoms in total. The van der Waals surface area contributed by atoms with E-state index >= 15 is 0 Å². The third-order valence-electron chi connectivity index (χ3n) is 7.58. The van der Waals surface area contributed by atoms with E-state index in [4.69, 9.17) is 9.26 Å². The molecular weight excluding hydrogens is 607 g/mol. The minimum Gasteiger partial charge on any atom is -0.507 e. The number of ether oxygens (including phenoxy) is 1. The monoisotopic (exact) mass is 642 g/mol. The van der Waals surface area contributed by atoms with Gasteiger partial charge in [-0.2, -0.15) is 0 Å². The van der Waals surface area contributed by atoms with Crippen LogP contribution in [0, 0.1) is 62.9 Å². The molecule has 1 N–H and O–H groups in total. The summed E-state index contributed by atoms with van der Waals surface area (Å²) >= 11 is 0. The van der Waals surface area contributed by atoms with Gasteiger partial charge in [0.1, 0.15) is 18.1 Å². The Labute approximate surface area is 274 Å². The third kappa shape index (κ3) is 7.10. The molecule has 222 valence electrons. The fourth-order valence-corrected chi connectivity index (χ4v) is 7.30. The van der Waals surface area contributed by atoms with Gasteiger partial charge < -0.3 is 14.4 Å². The number of rotatable bonds is 8. The molecule has 7 rings (SSSR count). The van der Waals surface area contributed by atoms with E-state index in [9.17, 15) is 5.11 Å². The van der Waals surface area contributed by atoms with Gasteiger partial charge >= 0.3 is 17.1 Å². The van der Waals surface area contributed by atoms with E-state index in [0.29, 0.717) is 0 Å². The van der Waals surface area contributed by atoms with Crippen LogP contribution in [-0.4, -0.2) is 41.9 Å². The number of aliphatic imine (C=N–C) groups is 1. The van der Waals surface area contributed by atoms with Crippen molar-refractivity contribution < 1.29 is 31.4 Å². The number of hydrogen-bond acceptors (Lipinski definition) is 5. The summed E-state index contributed by atoms with van der Waals surface area (Å²) in [6.45, 7) is 7.68. The SMILES string of the molecule is CCN(CC)[P@@](Oc1ccc2ccccc2c1-c1c(O)ccc2ccccc12)[C]1[CH][CH][CH][CH]1.[CH]1[CH][CH][C](C2=NCCO2)[CH]1.[Fe+2]. The van der Waals surface area contributed by atoms with E-state index in [2.05, 4.69) is 85.6 Å². The first kappa shape index (κ1) is 32.8. The van der Waals surface area contributed by atoms with Crippen LogP contribution in [0.5, 0.6) is 11.5 Å². The van der Waals surface area contributed by atoms with Crippen molar-refractivity contribution in [2.45, 2.75) is 13.8 Å². The van der Waals surface area contributed by atoms with Crippen LogP contribution in [-0.2, 0) is 21.8 Å². The van der Waals surface area contributed by atoms with Crippen LogP contribution in [0.1, 0.15) is 13.8 Å². The maximum absolute atomic E-state index is 11.1. The zero-order valence-electron chi connectivity index (χ0n) is 24.8. The summed E-state index contributed by atoms with van der Waals surface area (Å²) in [6.07, 6.45) is 16.4. The van der Waals surface area contributed by atoms with Crippen LogP contribution in [0.4, 0.5) is 0 Å². The standard InChI is InChI=1S/C29H27NO2P.C8H8NO.Fe/c1-3-30(4-2)33(23-13-7-8-14-23)32-27-20-18-22-12-6-10-16-25(22)29(27)28-24-15-9-5-11-21(24)17-19-26(28)31;1-2-4-7(3-1)8-9-5-6-10-8;/h5-20,31H,3-4H2,1-2H3;1-4H,5-6H2;/q;;+2/t33-;;/m0../s1. The van der Waals surface area contributed by atoms with E-state index in [-0.39, 0.29) is 22.8 Å². The number of fused-ring (bicyclic) bond motifs is 2. The molecule has 1 heterocycles. The molecule has 0 bridgehead atoms. The number of phenolic OH excluding ortho intramolecular Hbond substituents is 1. The van der Waals surface area contributed by atoms with Gasteiger partial charge in [-0.3, -0.25) is 9.66 Å². The Balaban J connectivity index is 0.000000295. The van der Waals surface area contributed by atoms with E-state index in [0.717, 1.165) is 76.5 Å². The quantitative estimate of drug-likeness (QED) is 0.155. The predicted molar refractivity (Wildman–Crippen MR) is 178 cm³/mol. The summed E-state index contributed by atoms with van der Waals surface area (Å²) in [5, 5.41) is 15.4. The molecule has 7 heteroatoms. The van der Waals surface area contributed by atoms with Crippen LogP contribution in [0.15, 0.2) is 77.8 Å². The summed E-state index contributed by atoms with van der Waals surface area (Å²) in [7, 11) is -1.02. The van der Waals surface area contributed by atoms with Crippen molar-refractivity contribution in [1.29, 1.82) is 0 Å². The van der Waals surface area contributed by atoms with Crippen LogP contribution >= 0.6 is 8.30 Å². The van der Waals surface area contributed by atoms with Crippen LogP contribution < -0.4 is 4.52 Å². The van der Waals surface area contributed by atoms with Crippen LogP contribution in [0.25, 0.3) is 32.7 Å². The molecule has 0 aromatic heterocycles. The van der Waals surface area contributed by atoms with Gasteiger partial charge in [0.2, 0.25) is 0 Å². The van der Waals surface area contributed by atoms with Crippen molar-refractivity contribution in [2.75, 3.05) is 26.2 Å². The summed E-state index contributed by atoms with van der Waals surface area (Å²) in [5.74, 6) is 2.94. The molecule has 2 saturated carbocycles. The average Bonchev–Trinajstić information content (AvgIpc) is 3.86. The fraction of sp³-hybridized carbons (Fsp3) is 0.162. The largest absolute Gasteiger partial charge is 2.00 e. The zero-order chi connectivity index (χ0) is 29.6. The van der Waals surface area contributed by atoms with E-state index in [1.54, 1.807) is 6.07 Å². The van der Waals surface area contributed by atoms with Crippen molar-refractivity contribution >= 4 is 35.7 Å². The van der Waals surface area contributed by atoms with Crippen molar-refractivity contribution in [3.63, 3.8) is 0 Å². The Morgan fingerprint density at radius 2 is 1.36 bits per heavy atom. The molecule has 3 aliphatic rings. The summed E-state index contributed by atoms with van der Waals surface area (Å²) in [6, 6.07) is 24.4. The summed E-state index contributed by atoms with van der Waals surface area (Å²) < 4.78 is 14.5. The number of phenols is 1.